The second kappa shape index (κ2) is 9.20. The van der Waals surface area contributed by atoms with Crippen molar-refractivity contribution in [3.05, 3.63) is 88.0 Å². The first kappa shape index (κ1) is 22.6. The molecular weight excluding hydrogens is 439 g/mol. The van der Waals surface area contributed by atoms with Crippen LogP contribution in [-0.2, 0) is 19.4 Å². The van der Waals surface area contributed by atoms with Crippen molar-refractivity contribution in [2.24, 2.45) is 0 Å². The van der Waals surface area contributed by atoms with Crippen LogP contribution in [0.25, 0.3) is 0 Å². The van der Waals surface area contributed by atoms with E-state index in [0.717, 1.165) is 43.0 Å². The van der Waals surface area contributed by atoms with Gasteiger partial charge in [0.15, 0.2) is 0 Å². The molecule has 0 unspecified atom stereocenters. The van der Waals surface area contributed by atoms with E-state index in [1.807, 2.05) is 27.4 Å². The highest BCUT2D eigenvalue weighted by molar-refractivity contribution is 5.95. The minimum Gasteiger partial charge on any atom is -0.366 e. The first-order valence-corrected chi connectivity index (χ1v) is 11.9. The van der Waals surface area contributed by atoms with E-state index in [1.54, 1.807) is 12.1 Å². The maximum atomic E-state index is 14.5. The lowest BCUT2D eigenvalue weighted by atomic mass is 9.95. The summed E-state index contributed by atoms with van der Waals surface area (Å²) >= 11 is 0. The molecule has 0 N–H and O–H groups in total. The molecule has 5 rings (SSSR count). The van der Waals surface area contributed by atoms with Crippen molar-refractivity contribution in [1.29, 1.82) is 0 Å². The zero-order valence-corrected chi connectivity index (χ0v) is 19.3. The Morgan fingerprint density at radius 2 is 1.65 bits per heavy atom. The van der Waals surface area contributed by atoms with Gasteiger partial charge >= 0.3 is 0 Å². The monoisotopic (exact) mass is 467 g/mol. The average molecular weight is 468 g/mol. The molecule has 1 aliphatic heterocycles. The van der Waals surface area contributed by atoms with Crippen molar-refractivity contribution in [3.63, 3.8) is 0 Å². The summed E-state index contributed by atoms with van der Waals surface area (Å²) in [6.07, 6.45) is 3.84. The number of fused-ring (bicyclic) bond motifs is 1. The number of halogens is 3. The molecule has 1 aliphatic carbocycles. The predicted molar refractivity (Wildman–Crippen MR) is 126 cm³/mol. The largest absolute Gasteiger partial charge is 0.366 e. The summed E-state index contributed by atoms with van der Waals surface area (Å²) < 4.78 is 44.1. The Hall–Kier alpha value is -3.22. The number of benzene rings is 2. The van der Waals surface area contributed by atoms with E-state index < -0.39 is 11.6 Å². The van der Waals surface area contributed by atoms with Gasteiger partial charge in [0.25, 0.3) is 5.91 Å². The van der Waals surface area contributed by atoms with Gasteiger partial charge in [0, 0.05) is 43.5 Å². The van der Waals surface area contributed by atoms with Gasteiger partial charge in [0.05, 0.1) is 12.2 Å². The quantitative estimate of drug-likeness (QED) is 0.534. The average Bonchev–Trinajstić information content (AvgIpc) is 3.12. The number of rotatable bonds is 4. The molecule has 34 heavy (non-hydrogen) atoms. The zero-order valence-electron chi connectivity index (χ0n) is 19.3. The fourth-order valence-corrected chi connectivity index (χ4v) is 5.35. The summed E-state index contributed by atoms with van der Waals surface area (Å²) in [5, 5.41) is 0. The molecule has 3 aromatic rings. The maximum Gasteiger partial charge on any atom is 0.270 e. The molecule has 0 bridgehead atoms. The number of nitrogens with zero attached hydrogens (tertiary/aromatic N) is 3. The molecular formula is C27H28F3N3O. The third-order valence-electron chi connectivity index (χ3n) is 7.15. The van der Waals surface area contributed by atoms with Crippen LogP contribution >= 0.6 is 0 Å². The van der Waals surface area contributed by atoms with Crippen LogP contribution in [0.3, 0.4) is 0 Å². The Balaban J connectivity index is 1.43. The lowest BCUT2D eigenvalue weighted by Gasteiger charge is -2.36. The van der Waals surface area contributed by atoms with Gasteiger partial charge in [0.1, 0.15) is 23.1 Å². The molecule has 7 heteroatoms. The van der Waals surface area contributed by atoms with Crippen LogP contribution in [0.2, 0.25) is 0 Å². The van der Waals surface area contributed by atoms with Crippen LogP contribution in [0.15, 0.2) is 42.5 Å². The summed E-state index contributed by atoms with van der Waals surface area (Å²) in [6.45, 7) is 4.21. The lowest BCUT2D eigenvalue weighted by Crippen LogP contribution is -2.49. The predicted octanol–water partition coefficient (Wildman–Crippen LogP) is 5.10. The number of aromatic nitrogens is 1. The summed E-state index contributed by atoms with van der Waals surface area (Å²) in [4.78, 5) is 17.5. The van der Waals surface area contributed by atoms with Gasteiger partial charge in [-0.1, -0.05) is 18.2 Å². The number of piperazine rings is 1. The van der Waals surface area contributed by atoms with Crippen molar-refractivity contribution in [3.8, 4) is 0 Å². The van der Waals surface area contributed by atoms with E-state index in [1.165, 1.54) is 23.8 Å². The highest BCUT2D eigenvalue weighted by Gasteiger charge is 2.31. The molecule has 1 fully saturated rings. The van der Waals surface area contributed by atoms with Crippen molar-refractivity contribution < 1.29 is 18.0 Å². The lowest BCUT2D eigenvalue weighted by molar-refractivity contribution is 0.0735. The van der Waals surface area contributed by atoms with E-state index in [-0.39, 0.29) is 18.3 Å². The zero-order chi connectivity index (χ0) is 23.8. The third kappa shape index (κ3) is 4.08. The Morgan fingerprint density at radius 1 is 0.912 bits per heavy atom. The van der Waals surface area contributed by atoms with Crippen molar-refractivity contribution in [2.75, 3.05) is 31.1 Å². The molecule has 0 radical (unpaired) electrons. The topological polar surface area (TPSA) is 28.5 Å². The number of hydrogen-bond donors (Lipinski definition) is 0. The number of hydrogen-bond acceptors (Lipinski definition) is 2. The summed E-state index contributed by atoms with van der Waals surface area (Å²) in [6, 6.07) is 10.3. The van der Waals surface area contributed by atoms with E-state index in [2.05, 4.69) is 0 Å². The summed E-state index contributed by atoms with van der Waals surface area (Å²) in [5.74, 6) is -1.56. The second-order valence-electron chi connectivity index (χ2n) is 9.16. The Kier molecular flexibility index (Phi) is 6.11. The smallest absolute Gasteiger partial charge is 0.270 e. The van der Waals surface area contributed by atoms with Crippen molar-refractivity contribution in [1.82, 2.24) is 9.47 Å². The molecule has 178 valence electrons. The molecule has 2 aromatic carbocycles. The van der Waals surface area contributed by atoms with Crippen LogP contribution in [0, 0.1) is 24.4 Å². The van der Waals surface area contributed by atoms with Gasteiger partial charge in [-0.15, -0.1) is 0 Å². The van der Waals surface area contributed by atoms with Gasteiger partial charge in [-0.05, 0) is 61.9 Å². The Labute approximate surface area is 197 Å². The molecule has 4 nitrogen and oxygen atoms in total. The van der Waals surface area contributed by atoms with Crippen LogP contribution < -0.4 is 4.90 Å². The molecule has 2 heterocycles. The van der Waals surface area contributed by atoms with E-state index in [4.69, 9.17) is 0 Å². The van der Waals surface area contributed by atoms with Gasteiger partial charge in [-0.3, -0.25) is 4.79 Å². The Bertz CT molecular complexity index is 1230. The normalized spacial score (nSPS) is 16.0. The third-order valence-corrected chi connectivity index (χ3v) is 7.15. The summed E-state index contributed by atoms with van der Waals surface area (Å²) in [5.41, 5.74) is 4.73. The highest BCUT2D eigenvalue weighted by Crippen LogP contribution is 2.32. The van der Waals surface area contributed by atoms with E-state index in [0.29, 0.717) is 43.1 Å². The molecule has 1 amide bonds. The Morgan fingerprint density at radius 3 is 2.38 bits per heavy atom. The minimum atomic E-state index is -0.615. The number of para-hydroxylation sites is 1. The first-order chi connectivity index (χ1) is 16.4. The van der Waals surface area contributed by atoms with Crippen LogP contribution in [-0.4, -0.2) is 41.6 Å². The standard InChI is InChI=1S/C27H28F3N3O/c1-18-21-6-2-4-8-24(21)33(17-19-10-11-20(28)16-23(19)30)26(18)27(34)32-14-12-31(13-15-32)25-9-5-3-7-22(25)29/h3,5,7,9-11,16H,2,4,6,8,12-15,17H2,1H3. The molecule has 0 atom stereocenters. The van der Waals surface area contributed by atoms with Crippen LogP contribution in [0.5, 0.6) is 0 Å². The van der Waals surface area contributed by atoms with Gasteiger partial charge in [-0.25, -0.2) is 13.2 Å². The number of carbonyl (C=O) groups is 1. The van der Waals surface area contributed by atoms with Gasteiger partial charge in [-0.2, -0.15) is 0 Å². The fraction of sp³-hybridized carbons (Fsp3) is 0.370. The number of anilines is 1. The molecule has 0 saturated carbocycles. The van der Waals surface area contributed by atoms with Gasteiger partial charge < -0.3 is 14.4 Å². The van der Waals surface area contributed by atoms with Crippen LogP contribution in [0.4, 0.5) is 18.9 Å². The minimum absolute atomic E-state index is 0.0809. The van der Waals surface area contributed by atoms with Crippen LogP contribution in [0.1, 0.15) is 45.7 Å². The summed E-state index contributed by atoms with van der Waals surface area (Å²) in [7, 11) is 0. The molecule has 1 aromatic heterocycles. The van der Waals surface area contributed by atoms with Gasteiger partial charge in [0.2, 0.25) is 0 Å². The van der Waals surface area contributed by atoms with E-state index >= 15 is 0 Å². The SMILES string of the molecule is Cc1c2c(n(Cc3ccc(F)cc3F)c1C(=O)N1CCN(c3ccccc3F)CC1)CCCC2. The molecule has 1 saturated heterocycles. The maximum absolute atomic E-state index is 14.5. The van der Waals surface area contributed by atoms with Crippen molar-refractivity contribution >= 4 is 11.6 Å². The molecule has 0 spiro atoms. The number of amides is 1. The first-order valence-electron chi connectivity index (χ1n) is 11.9. The number of carbonyl (C=O) groups excluding carboxylic acids is 1. The molecule has 2 aliphatic rings. The van der Waals surface area contributed by atoms with E-state index in [9.17, 15) is 18.0 Å². The van der Waals surface area contributed by atoms with Crippen molar-refractivity contribution in [2.45, 2.75) is 39.2 Å². The fourth-order valence-electron chi connectivity index (χ4n) is 5.35. The second-order valence-corrected chi connectivity index (χ2v) is 9.16. The highest BCUT2D eigenvalue weighted by atomic mass is 19.1.